The summed E-state index contributed by atoms with van der Waals surface area (Å²) in [6.45, 7) is 2.12. The van der Waals surface area contributed by atoms with Gasteiger partial charge in [0.25, 0.3) is 0 Å². The summed E-state index contributed by atoms with van der Waals surface area (Å²) in [5.41, 5.74) is 12.2. The highest BCUT2D eigenvalue weighted by Crippen LogP contribution is 2.10. The SMILES string of the molecule is CCCc1cc(N)nc(N)c1. The highest BCUT2D eigenvalue weighted by Gasteiger charge is 1.95. The number of nitrogen functional groups attached to an aromatic ring is 2. The van der Waals surface area contributed by atoms with Crippen LogP contribution in [-0.4, -0.2) is 4.98 Å². The van der Waals surface area contributed by atoms with E-state index in [1.165, 1.54) is 0 Å². The van der Waals surface area contributed by atoms with E-state index in [-0.39, 0.29) is 0 Å². The van der Waals surface area contributed by atoms with Crippen LogP contribution in [0.4, 0.5) is 11.6 Å². The topological polar surface area (TPSA) is 64.9 Å². The number of pyridine rings is 1. The molecule has 0 bridgehead atoms. The third-order valence-corrected chi connectivity index (χ3v) is 1.46. The Morgan fingerprint density at radius 2 is 1.82 bits per heavy atom. The maximum atomic E-state index is 5.50. The standard InChI is InChI=1S/C8H13N3/c1-2-3-6-4-7(9)11-8(10)5-6/h4-5H,2-3H2,1H3,(H4,9,10,11). The molecule has 1 rings (SSSR count). The second-order valence-electron chi connectivity index (χ2n) is 2.58. The smallest absolute Gasteiger partial charge is 0.126 e. The van der Waals surface area contributed by atoms with Crippen LogP contribution in [0.2, 0.25) is 0 Å². The molecule has 0 saturated heterocycles. The number of hydrogen-bond acceptors (Lipinski definition) is 3. The largest absolute Gasteiger partial charge is 0.384 e. The Balaban J connectivity index is 2.89. The molecule has 0 atom stereocenters. The van der Waals surface area contributed by atoms with Crippen LogP contribution in [-0.2, 0) is 6.42 Å². The van der Waals surface area contributed by atoms with Crippen LogP contribution in [0.3, 0.4) is 0 Å². The maximum absolute atomic E-state index is 5.50. The second kappa shape index (κ2) is 3.23. The summed E-state index contributed by atoms with van der Waals surface area (Å²) in [7, 11) is 0. The molecule has 0 fully saturated rings. The van der Waals surface area contributed by atoms with Gasteiger partial charge in [-0.15, -0.1) is 0 Å². The van der Waals surface area contributed by atoms with Crippen LogP contribution in [0.15, 0.2) is 12.1 Å². The van der Waals surface area contributed by atoms with Gasteiger partial charge < -0.3 is 11.5 Å². The van der Waals surface area contributed by atoms with E-state index in [0.29, 0.717) is 11.6 Å². The van der Waals surface area contributed by atoms with E-state index in [1.54, 1.807) is 0 Å². The number of aryl methyl sites for hydroxylation is 1. The Kier molecular flexibility index (Phi) is 2.31. The number of rotatable bonds is 2. The van der Waals surface area contributed by atoms with Crippen molar-refractivity contribution in [3.8, 4) is 0 Å². The molecule has 1 aromatic heterocycles. The molecule has 0 aliphatic heterocycles. The van der Waals surface area contributed by atoms with E-state index >= 15 is 0 Å². The highest BCUT2D eigenvalue weighted by atomic mass is 14.9. The molecule has 4 N–H and O–H groups in total. The first kappa shape index (κ1) is 7.85. The second-order valence-corrected chi connectivity index (χ2v) is 2.58. The van der Waals surface area contributed by atoms with Gasteiger partial charge in [0.1, 0.15) is 11.6 Å². The average molecular weight is 151 g/mol. The van der Waals surface area contributed by atoms with Crippen LogP contribution in [0.25, 0.3) is 0 Å². The number of hydrogen-bond donors (Lipinski definition) is 2. The zero-order valence-electron chi connectivity index (χ0n) is 6.67. The Morgan fingerprint density at radius 3 is 2.27 bits per heavy atom. The molecule has 0 aliphatic carbocycles. The summed E-state index contributed by atoms with van der Waals surface area (Å²) in [5.74, 6) is 1.02. The lowest BCUT2D eigenvalue weighted by atomic mass is 10.1. The Labute approximate surface area is 66.4 Å². The molecule has 0 spiro atoms. The third-order valence-electron chi connectivity index (χ3n) is 1.46. The lowest BCUT2D eigenvalue weighted by Crippen LogP contribution is -1.98. The first-order valence-corrected chi connectivity index (χ1v) is 3.74. The van der Waals surface area contributed by atoms with Crippen molar-refractivity contribution in [1.29, 1.82) is 0 Å². The van der Waals surface area contributed by atoms with Gasteiger partial charge in [-0.3, -0.25) is 0 Å². The number of anilines is 2. The van der Waals surface area contributed by atoms with Gasteiger partial charge >= 0.3 is 0 Å². The fraction of sp³-hybridized carbons (Fsp3) is 0.375. The van der Waals surface area contributed by atoms with Gasteiger partial charge in [-0.2, -0.15) is 0 Å². The van der Waals surface area contributed by atoms with Crippen LogP contribution < -0.4 is 11.5 Å². The van der Waals surface area contributed by atoms with Crippen LogP contribution in [0.1, 0.15) is 18.9 Å². The van der Waals surface area contributed by atoms with Crippen molar-refractivity contribution in [1.82, 2.24) is 4.98 Å². The van der Waals surface area contributed by atoms with E-state index in [0.717, 1.165) is 18.4 Å². The van der Waals surface area contributed by atoms with Gasteiger partial charge in [0, 0.05) is 0 Å². The van der Waals surface area contributed by atoms with Gasteiger partial charge in [0.15, 0.2) is 0 Å². The Hall–Kier alpha value is -1.25. The molecule has 1 heterocycles. The molecule has 60 valence electrons. The van der Waals surface area contributed by atoms with Gasteiger partial charge in [0.2, 0.25) is 0 Å². The van der Waals surface area contributed by atoms with Gasteiger partial charge in [-0.25, -0.2) is 4.98 Å². The molecule has 3 nitrogen and oxygen atoms in total. The summed E-state index contributed by atoms with van der Waals surface area (Å²) in [6.07, 6.45) is 2.11. The van der Waals surface area contributed by atoms with Crippen molar-refractivity contribution < 1.29 is 0 Å². The zero-order chi connectivity index (χ0) is 8.27. The molecule has 0 amide bonds. The minimum atomic E-state index is 0.508. The molecule has 0 aliphatic rings. The number of aromatic nitrogens is 1. The van der Waals surface area contributed by atoms with Gasteiger partial charge in [-0.05, 0) is 24.1 Å². The minimum Gasteiger partial charge on any atom is -0.384 e. The average Bonchev–Trinajstić information content (AvgIpc) is 1.85. The van der Waals surface area contributed by atoms with Crippen molar-refractivity contribution in [2.75, 3.05) is 11.5 Å². The lowest BCUT2D eigenvalue weighted by Gasteiger charge is -2.00. The Morgan fingerprint density at radius 1 is 1.27 bits per heavy atom. The fourth-order valence-electron chi connectivity index (χ4n) is 1.07. The van der Waals surface area contributed by atoms with E-state index < -0.39 is 0 Å². The molecule has 0 aromatic carbocycles. The molecular formula is C8H13N3. The highest BCUT2D eigenvalue weighted by molar-refractivity contribution is 5.43. The normalized spacial score (nSPS) is 9.91. The Bertz CT molecular complexity index is 225. The lowest BCUT2D eigenvalue weighted by molar-refractivity contribution is 0.920. The van der Waals surface area contributed by atoms with E-state index in [2.05, 4.69) is 11.9 Å². The first-order valence-electron chi connectivity index (χ1n) is 3.74. The van der Waals surface area contributed by atoms with Gasteiger partial charge in [0.05, 0.1) is 0 Å². The van der Waals surface area contributed by atoms with Crippen molar-refractivity contribution in [2.45, 2.75) is 19.8 Å². The maximum Gasteiger partial charge on any atom is 0.126 e. The van der Waals surface area contributed by atoms with Crippen LogP contribution >= 0.6 is 0 Å². The summed E-state index contributed by atoms with van der Waals surface area (Å²) in [6, 6.07) is 3.72. The van der Waals surface area contributed by atoms with Crippen LogP contribution in [0, 0.1) is 0 Å². The predicted molar refractivity (Wildman–Crippen MR) is 47.1 cm³/mol. The fourth-order valence-corrected chi connectivity index (χ4v) is 1.07. The molecule has 0 radical (unpaired) electrons. The van der Waals surface area contributed by atoms with E-state index in [1.807, 2.05) is 12.1 Å². The molecule has 0 saturated carbocycles. The van der Waals surface area contributed by atoms with E-state index in [4.69, 9.17) is 11.5 Å². The summed E-state index contributed by atoms with van der Waals surface area (Å²) in [5, 5.41) is 0. The van der Waals surface area contributed by atoms with Gasteiger partial charge in [-0.1, -0.05) is 13.3 Å². The molecule has 0 unspecified atom stereocenters. The monoisotopic (exact) mass is 151 g/mol. The van der Waals surface area contributed by atoms with Crippen molar-refractivity contribution in [3.63, 3.8) is 0 Å². The predicted octanol–water partition coefficient (Wildman–Crippen LogP) is 1.20. The minimum absolute atomic E-state index is 0.508. The van der Waals surface area contributed by atoms with Crippen molar-refractivity contribution in [2.24, 2.45) is 0 Å². The first-order chi connectivity index (χ1) is 5.22. The summed E-state index contributed by atoms with van der Waals surface area (Å²) < 4.78 is 0. The van der Waals surface area contributed by atoms with Crippen molar-refractivity contribution >= 4 is 11.6 Å². The molecular weight excluding hydrogens is 138 g/mol. The molecule has 11 heavy (non-hydrogen) atoms. The number of nitrogens with zero attached hydrogens (tertiary/aromatic N) is 1. The third kappa shape index (κ3) is 2.11. The zero-order valence-corrected chi connectivity index (χ0v) is 6.67. The summed E-state index contributed by atoms with van der Waals surface area (Å²) in [4.78, 5) is 3.87. The quantitative estimate of drug-likeness (QED) is 0.667. The van der Waals surface area contributed by atoms with Crippen molar-refractivity contribution in [3.05, 3.63) is 17.7 Å². The molecule has 3 heteroatoms. The van der Waals surface area contributed by atoms with E-state index in [9.17, 15) is 0 Å². The van der Waals surface area contributed by atoms with Crippen LogP contribution in [0.5, 0.6) is 0 Å². The number of nitrogens with two attached hydrogens (primary N) is 2. The molecule has 1 aromatic rings. The summed E-state index contributed by atoms with van der Waals surface area (Å²) >= 11 is 0.